The SMILES string of the molecule is CCC(c1cccc(OCc2ccc3ccccc3c2)c1)C(OC)OC. The van der Waals surface area contributed by atoms with E-state index in [2.05, 4.69) is 61.5 Å². The number of methoxy groups -OCH3 is 2. The lowest BCUT2D eigenvalue weighted by Gasteiger charge is -2.24. The Morgan fingerprint density at radius 2 is 1.58 bits per heavy atom. The lowest BCUT2D eigenvalue weighted by atomic mass is 9.95. The number of benzene rings is 3. The fraction of sp³-hybridized carbons (Fsp3) is 0.304. The molecule has 0 aromatic heterocycles. The molecule has 1 unspecified atom stereocenters. The summed E-state index contributed by atoms with van der Waals surface area (Å²) in [6.45, 7) is 2.68. The Bertz CT molecular complexity index is 839. The summed E-state index contributed by atoms with van der Waals surface area (Å²) in [6, 6.07) is 23.0. The Morgan fingerprint density at radius 1 is 0.808 bits per heavy atom. The van der Waals surface area contributed by atoms with Crippen molar-refractivity contribution in [2.45, 2.75) is 32.2 Å². The third kappa shape index (κ3) is 4.24. The summed E-state index contributed by atoms with van der Waals surface area (Å²) in [5.41, 5.74) is 2.32. The van der Waals surface area contributed by atoms with Crippen LogP contribution in [0.2, 0.25) is 0 Å². The number of hydrogen-bond donors (Lipinski definition) is 0. The molecule has 0 saturated heterocycles. The van der Waals surface area contributed by atoms with E-state index >= 15 is 0 Å². The molecule has 0 radical (unpaired) electrons. The smallest absolute Gasteiger partial charge is 0.163 e. The van der Waals surface area contributed by atoms with Crippen molar-refractivity contribution < 1.29 is 14.2 Å². The summed E-state index contributed by atoms with van der Waals surface area (Å²) < 4.78 is 16.9. The van der Waals surface area contributed by atoms with E-state index in [0.717, 1.165) is 23.3 Å². The monoisotopic (exact) mass is 350 g/mol. The second-order valence-electron chi connectivity index (χ2n) is 6.40. The first kappa shape index (κ1) is 18.4. The first-order valence-corrected chi connectivity index (χ1v) is 9.01. The van der Waals surface area contributed by atoms with Gasteiger partial charge in [0.1, 0.15) is 12.4 Å². The van der Waals surface area contributed by atoms with Crippen LogP contribution in [0.25, 0.3) is 10.8 Å². The van der Waals surface area contributed by atoms with Gasteiger partial charge in [0.15, 0.2) is 6.29 Å². The molecule has 0 aliphatic rings. The van der Waals surface area contributed by atoms with Crippen LogP contribution in [0, 0.1) is 0 Å². The third-order valence-corrected chi connectivity index (χ3v) is 4.74. The molecule has 1 atom stereocenters. The van der Waals surface area contributed by atoms with Gasteiger partial charge < -0.3 is 14.2 Å². The molecule has 0 bridgehead atoms. The van der Waals surface area contributed by atoms with Crippen LogP contribution in [0.4, 0.5) is 0 Å². The van der Waals surface area contributed by atoms with Crippen LogP contribution in [-0.4, -0.2) is 20.5 Å². The van der Waals surface area contributed by atoms with Crippen molar-refractivity contribution in [2.75, 3.05) is 14.2 Å². The molecule has 3 rings (SSSR count). The molecule has 0 saturated carbocycles. The molecule has 0 heterocycles. The normalized spacial score (nSPS) is 12.5. The number of ether oxygens (including phenoxy) is 3. The van der Waals surface area contributed by atoms with Crippen molar-refractivity contribution in [3.05, 3.63) is 77.9 Å². The van der Waals surface area contributed by atoms with Gasteiger partial charge in [-0.2, -0.15) is 0 Å². The average molecular weight is 350 g/mol. The highest BCUT2D eigenvalue weighted by molar-refractivity contribution is 5.82. The summed E-state index contributed by atoms with van der Waals surface area (Å²) in [5.74, 6) is 1.04. The quantitative estimate of drug-likeness (QED) is 0.500. The first-order chi connectivity index (χ1) is 12.7. The molecule has 3 nitrogen and oxygen atoms in total. The maximum Gasteiger partial charge on any atom is 0.163 e. The number of fused-ring (bicyclic) bond motifs is 1. The van der Waals surface area contributed by atoms with Crippen LogP contribution in [0.5, 0.6) is 5.75 Å². The summed E-state index contributed by atoms with van der Waals surface area (Å²) >= 11 is 0. The minimum atomic E-state index is -0.254. The predicted octanol–water partition coefficient (Wildman–Crippen LogP) is 5.53. The highest BCUT2D eigenvalue weighted by atomic mass is 16.7. The van der Waals surface area contributed by atoms with Crippen LogP contribution in [0.3, 0.4) is 0 Å². The van der Waals surface area contributed by atoms with Gasteiger partial charge in [0.2, 0.25) is 0 Å². The van der Waals surface area contributed by atoms with Gasteiger partial charge in [0, 0.05) is 20.1 Å². The minimum absolute atomic E-state index is 0.175. The molecular formula is C23H26O3. The summed E-state index contributed by atoms with van der Waals surface area (Å²) in [6.07, 6.45) is 0.677. The van der Waals surface area contributed by atoms with Crippen molar-refractivity contribution in [3.63, 3.8) is 0 Å². The van der Waals surface area contributed by atoms with E-state index < -0.39 is 0 Å². The Kier molecular flexibility index (Phi) is 6.26. The Balaban J connectivity index is 1.73. The van der Waals surface area contributed by atoms with E-state index in [0.29, 0.717) is 6.61 Å². The minimum Gasteiger partial charge on any atom is -0.489 e. The zero-order chi connectivity index (χ0) is 18.4. The average Bonchev–Trinajstić information content (AvgIpc) is 2.70. The number of rotatable bonds is 8. The van der Waals surface area contributed by atoms with Crippen molar-refractivity contribution in [1.29, 1.82) is 0 Å². The number of hydrogen-bond acceptors (Lipinski definition) is 3. The molecule has 0 aliphatic carbocycles. The molecular weight excluding hydrogens is 324 g/mol. The Morgan fingerprint density at radius 3 is 2.31 bits per heavy atom. The van der Waals surface area contributed by atoms with E-state index in [1.807, 2.05) is 12.1 Å². The second kappa shape index (κ2) is 8.84. The molecule has 26 heavy (non-hydrogen) atoms. The van der Waals surface area contributed by atoms with Crippen LogP contribution >= 0.6 is 0 Å². The predicted molar refractivity (Wildman–Crippen MR) is 106 cm³/mol. The zero-order valence-corrected chi connectivity index (χ0v) is 15.6. The third-order valence-electron chi connectivity index (χ3n) is 4.74. The van der Waals surface area contributed by atoms with E-state index in [-0.39, 0.29) is 12.2 Å². The Labute approximate surface area is 155 Å². The molecule has 136 valence electrons. The van der Waals surface area contributed by atoms with Crippen molar-refractivity contribution in [3.8, 4) is 5.75 Å². The molecule has 3 aromatic carbocycles. The van der Waals surface area contributed by atoms with Gasteiger partial charge in [-0.1, -0.05) is 55.5 Å². The van der Waals surface area contributed by atoms with Crippen LogP contribution in [-0.2, 0) is 16.1 Å². The molecule has 3 heteroatoms. The van der Waals surface area contributed by atoms with Crippen LogP contribution in [0.1, 0.15) is 30.4 Å². The molecule has 0 amide bonds. The lowest BCUT2D eigenvalue weighted by Crippen LogP contribution is -2.22. The molecule has 0 N–H and O–H groups in total. The Hall–Kier alpha value is -2.36. The van der Waals surface area contributed by atoms with E-state index in [1.165, 1.54) is 10.8 Å². The summed E-state index contributed by atoms with van der Waals surface area (Å²) in [4.78, 5) is 0. The van der Waals surface area contributed by atoms with Crippen molar-refractivity contribution in [1.82, 2.24) is 0 Å². The van der Waals surface area contributed by atoms with E-state index in [1.54, 1.807) is 14.2 Å². The van der Waals surface area contributed by atoms with Gasteiger partial charge >= 0.3 is 0 Å². The maximum atomic E-state index is 6.04. The largest absolute Gasteiger partial charge is 0.489 e. The standard InChI is InChI=1S/C23H26O3/c1-4-22(23(24-2)25-3)20-10-7-11-21(15-20)26-16-17-12-13-18-8-5-6-9-19(18)14-17/h5-15,22-23H,4,16H2,1-3H3. The fourth-order valence-corrected chi connectivity index (χ4v) is 3.34. The highest BCUT2D eigenvalue weighted by Crippen LogP contribution is 2.29. The van der Waals surface area contributed by atoms with Crippen molar-refractivity contribution in [2.24, 2.45) is 0 Å². The van der Waals surface area contributed by atoms with Crippen LogP contribution < -0.4 is 4.74 Å². The van der Waals surface area contributed by atoms with Gasteiger partial charge in [0.05, 0.1) is 0 Å². The first-order valence-electron chi connectivity index (χ1n) is 9.01. The summed E-state index contributed by atoms with van der Waals surface area (Å²) in [5, 5.41) is 2.48. The van der Waals surface area contributed by atoms with Crippen molar-refractivity contribution >= 4 is 10.8 Å². The zero-order valence-electron chi connectivity index (χ0n) is 15.6. The van der Waals surface area contributed by atoms with Gasteiger partial charge in [-0.15, -0.1) is 0 Å². The molecule has 0 spiro atoms. The molecule has 3 aromatic rings. The second-order valence-corrected chi connectivity index (χ2v) is 6.40. The van der Waals surface area contributed by atoms with Gasteiger partial charge in [-0.25, -0.2) is 0 Å². The summed E-state index contributed by atoms with van der Waals surface area (Å²) in [7, 11) is 3.35. The maximum absolute atomic E-state index is 6.04. The van der Waals surface area contributed by atoms with Gasteiger partial charge in [0.25, 0.3) is 0 Å². The highest BCUT2D eigenvalue weighted by Gasteiger charge is 2.21. The fourth-order valence-electron chi connectivity index (χ4n) is 3.34. The van der Waals surface area contributed by atoms with Crippen LogP contribution in [0.15, 0.2) is 66.7 Å². The molecule has 0 fully saturated rings. The topological polar surface area (TPSA) is 27.7 Å². The molecule has 0 aliphatic heterocycles. The lowest BCUT2D eigenvalue weighted by molar-refractivity contribution is -0.118. The van der Waals surface area contributed by atoms with Gasteiger partial charge in [-0.3, -0.25) is 0 Å². The van der Waals surface area contributed by atoms with E-state index in [4.69, 9.17) is 14.2 Å². The van der Waals surface area contributed by atoms with E-state index in [9.17, 15) is 0 Å². The van der Waals surface area contributed by atoms with Gasteiger partial charge in [-0.05, 0) is 46.5 Å².